The molecule has 1 aliphatic rings. The second kappa shape index (κ2) is 5.80. The molecule has 0 N–H and O–H groups in total. The Kier molecular flexibility index (Phi) is 3.88. The zero-order valence-corrected chi connectivity index (χ0v) is 11.9. The molecule has 3 rings (SSSR count). The van der Waals surface area contributed by atoms with E-state index in [1.54, 1.807) is 0 Å². The van der Waals surface area contributed by atoms with Crippen LogP contribution in [0.3, 0.4) is 0 Å². The van der Waals surface area contributed by atoms with Gasteiger partial charge in [-0.2, -0.15) is 0 Å². The monoisotopic (exact) mass is 290 g/mol. The van der Waals surface area contributed by atoms with Gasteiger partial charge in [0.2, 0.25) is 0 Å². The Balaban J connectivity index is 2.10. The van der Waals surface area contributed by atoms with E-state index in [0.717, 1.165) is 42.9 Å². The van der Waals surface area contributed by atoms with Crippen LogP contribution in [0.25, 0.3) is 0 Å². The lowest BCUT2D eigenvalue weighted by Crippen LogP contribution is -2.20. The summed E-state index contributed by atoms with van der Waals surface area (Å²) >= 11 is 5.96. The molecule has 2 nitrogen and oxygen atoms in total. The highest BCUT2D eigenvalue weighted by Crippen LogP contribution is 2.33. The third-order valence-corrected chi connectivity index (χ3v) is 3.96. The van der Waals surface area contributed by atoms with Gasteiger partial charge in [-0.05, 0) is 37.0 Å². The maximum Gasteiger partial charge on any atom is 0.141 e. The number of hydrogen-bond acceptors (Lipinski definition) is 2. The first kappa shape index (κ1) is 13.4. The van der Waals surface area contributed by atoms with Crippen LogP contribution in [0.4, 0.5) is 15.9 Å². The molecule has 0 atom stereocenters. The van der Waals surface area contributed by atoms with Crippen molar-refractivity contribution in [2.24, 2.45) is 0 Å². The van der Waals surface area contributed by atoms with Gasteiger partial charge in [0.15, 0.2) is 0 Å². The molecule has 1 aliphatic heterocycles. The second-order valence-corrected chi connectivity index (χ2v) is 5.27. The molecule has 0 saturated carbocycles. The number of fused-ring (bicyclic) bond motifs is 1. The predicted octanol–water partition coefficient (Wildman–Crippen LogP) is 4.43. The van der Waals surface area contributed by atoms with Gasteiger partial charge in [0.1, 0.15) is 11.6 Å². The van der Waals surface area contributed by atoms with E-state index >= 15 is 0 Å². The van der Waals surface area contributed by atoms with Crippen molar-refractivity contribution in [3.63, 3.8) is 0 Å². The predicted molar refractivity (Wildman–Crippen MR) is 80.1 cm³/mol. The molecular formula is C16H16ClFN2. The number of nitrogens with zero attached hydrogens (tertiary/aromatic N) is 2. The number of aryl methyl sites for hydroxylation is 1. The van der Waals surface area contributed by atoms with Crippen LogP contribution in [0, 0.1) is 5.82 Å². The highest BCUT2D eigenvalue weighted by Gasteiger charge is 2.20. The van der Waals surface area contributed by atoms with E-state index < -0.39 is 0 Å². The third kappa shape index (κ3) is 2.50. The lowest BCUT2D eigenvalue weighted by atomic mass is 10.1. The fourth-order valence-electron chi connectivity index (χ4n) is 2.73. The number of pyridine rings is 1. The van der Waals surface area contributed by atoms with Gasteiger partial charge in [-0.25, -0.2) is 9.37 Å². The second-order valence-electron chi connectivity index (χ2n) is 5.01. The number of alkyl halides is 1. The maximum atomic E-state index is 13.3. The largest absolute Gasteiger partial charge is 0.326 e. The van der Waals surface area contributed by atoms with Gasteiger partial charge in [-0.15, -0.1) is 11.6 Å². The van der Waals surface area contributed by atoms with Crippen molar-refractivity contribution in [3.8, 4) is 0 Å². The third-order valence-electron chi connectivity index (χ3n) is 3.67. The first-order valence-corrected chi connectivity index (χ1v) is 7.39. The molecular weight excluding hydrogens is 275 g/mol. The van der Waals surface area contributed by atoms with Crippen molar-refractivity contribution in [2.45, 2.75) is 25.1 Å². The van der Waals surface area contributed by atoms with Crippen LogP contribution in [0.5, 0.6) is 0 Å². The molecule has 20 heavy (non-hydrogen) atoms. The number of benzene rings is 1. The molecule has 0 radical (unpaired) electrons. The number of rotatable bonds is 2. The zero-order chi connectivity index (χ0) is 13.9. The van der Waals surface area contributed by atoms with E-state index in [1.807, 2.05) is 6.07 Å². The smallest absolute Gasteiger partial charge is 0.141 e. The molecule has 2 aromatic rings. The summed E-state index contributed by atoms with van der Waals surface area (Å²) in [7, 11) is 0. The van der Waals surface area contributed by atoms with Crippen molar-refractivity contribution < 1.29 is 4.39 Å². The Hall–Kier alpha value is -1.61. The molecule has 2 heterocycles. The molecule has 0 bridgehead atoms. The lowest BCUT2D eigenvalue weighted by molar-refractivity contribution is 0.619. The summed E-state index contributed by atoms with van der Waals surface area (Å²) in [5, 5.41) is 0. The van der Waals surface area contributed by atoms with Gasteiger partial charge >= 0.3 is 0 Å². The minimum Gasteiger partial charge on any atom is -0.326 e. The topological polar surface area (TPSA) is 16.1 Å². The Bertz CT molecular complexity index is 615. The van der Waals surface area contributed by atoms with Crippen LogP contribution < -0.4 is 4.90 Å². The molecule has 4 heteroatoms. The minimum atomic E-state index is -0.340. The van der Waals surface area contributed by atoms with Crippen molar-refractivity contribution in [1.29, 1.82) is 0 Å². The van der Waals surface area contributed by atoms with Crippen molar-refractivity contribution >= 4 is 23.1 Å². The average Bonchev–Trinajstić information content (AvgIpc) is 2.69. The molecule has 0 saturated heterocycles. The molecule has 1 aromatic heterocycles. The summed E-state index contributed by atoms with van der Waals surface area (Å²) in [6.45, 7) is 0.888. The summed E-state index contributed by atoms with van der Waals surface area (Å²) in [5.41, 5.74) is 3.22. The Labute approximate surface area is 123 Å². The summed E-state index contributed by atoms with van der Waals surface area (Å²) in [4.78, 5) is 6.45. The number of halogens is 2. The SMILES string of the molecule is Fc1cnc(N2CCCCc3ccccc32)c(CCl)c1. The van der Waals surface area contributed by atoms with E-state index in [2.05, 4.69) is 28.1 Å². The van der Waals surface area contributed by atoms with Crippen LogP contribution in [0.2, 0.25) is 0 Å². The van der Waals surface area contributed by atoms with E-state index in [9.17, 15) is 4.39 Å². The number of anilines is 2. The van der Waals surface area contributed by atoms with E-state index in [4.69, 9.17) is 11.6 Å². The van der Waals surface area contributed by atoms with E-state index in [1.165, 1.54) is 17.8 Å². The maximum absolute atomic E-state index is 13.3. The van der Waals surface area contributed by atoms with Crippen LogP contribution >= 0.6 is 11.6 Å². The van der Waals surface area contributed by atoms with Gasteiger partial charge in [0.25, 0.3) is 0 Å². The van der Waals surface area contributed by atoms with Gasteiger partial charge < -0.3 is 4.90 Å². The van der Waals surface area contributed by atoms with Crippen molar-refractivity contribution in [3.05, 3.63) is 53.5 Å². The Morgan fingerprint density at radius 2 is 2.10 bits per heavy atom. The highest BCUT2D eigenvalue weighted by atomic mass is 35.5. The van der Waals surface area contributed by atoms with Crippen molar-refractivity contribution in [1.82, 2.24) is 4.98 Å². The first-order valence-electron chi connectivity index (χ1n) is 6.85. The molecule has 0 amide bonds. The minimum absolute atomic E-state index is 0.263. The summed E-state index contributed by atoms with van der Waals surface area (Å²) < 4.78 is 13.3. The average molecular weight is 291 g/mol. The standard InChI is InChI=1S/C16H16ClFN2/c17-10-13-9-14(18)11-19-16(13)20-8-4-3-6-12-5-1-2-7-15(12)20/h1-2,5,7,9,11H,3-4,6,8,10H2. The van der Waals surface area contributed by atoms with E-state index in [-0.39, 0.29) is 11.7 Å². The summed E-state index contributed by atoms with van der Waals surface area (Å²) in [6, 6.07) is 9.81. The molecule has 1 aromatic carbocycles. The fraction of sp³-hybridized carbons (Fsp3) is 0.312. The van der Waals surface area contributed by atoms with Gasteiger partial charge in [0.05, 0.1) is 12.1 Å². The Morgan fingerprint density at radius 1 is 1.25 bits per heavy atom. The quantitative estimate of drug-likeness (QED) is 0.761. The fourth-order valence-corrected chi connectivity index (χ4v) is 2.92. The van der Waals surface area contributed by atoms with Crippen LogP contribution in [-0.4, -0.2) is 11.5 Å². The van der Waals surface area contributed by atoms with Gasteiger partial charge in [-0.3, -0.25) is 0 Å². The highest BCUT2D eigenvalue weighted by molar-refractivity contribution is 6.17. The van der Waals surface area contributed by atoms with Gasteiger partial charge in [-0.1, -0.05) is 18.2 Å². The van der Waals surface area contributed by atoms with Crippen LogP contribution in [0.15, 0.2) is 36.5 Å². The Morgan fingerprint density at radius 3 is 2.95 bits per heavy atom. The zero-order valence-electron chi connectivity index (χ0n) is 11.1. The number of hydrogen-bond donors (Lipinski definition) is 0. The summed E-state index contributed by atoms with van der Waals surface area (Å²) in [5.74, 6) is 0.696. The lowest BCUT2D eigenvalue weighted by Gasteiger charge is -2.25. The molecule has 0 fully saturated rings. The number of aromatic nitrogens is 1. The van der Waals surface area contributed by atoms with Crippen LogP contribution in [0.1, 0.15) is 24.0 Å². The first-order chi connectivity index (χ1) is 9.79. The van der Waals surface area contributed by atoms with Gasteiger partial charge in [0, 0.05) is 17.8 Å². The van der Waals surface area contributed by atoms with Crippen molar-refractivity contribution in [2.75, 3.05) is 11.4 Å². The number of para-hydroxylation sites is 1. The molecule has 0 aliphatic carbocycles. The summed E-state index contributed by atoms with van der Waals surface area (Å²) in [6.07, 6.45) is 4.59. The van der Waals surface area contributed by atoms with Crippen LogP contribution in [-0.2, 0) is 12.3 Å². The molecule has 104 valence electrons. The normalized spacial score (nSPS) is 14.8. The van der Waals surface area contributed by atoms with E-state index in [0.29, 0.717) is 0 Å². The molecule has 0 spiro atoms. The molecule has 0 unspecified atom stereocenters.